The molecule has 0 radical (unpaired) electrons. The minimum absolute atomic E-state index is 0.110. The average molecular weight is 270 g/mol. The van der Waals surface area contributed by atoms with E-state index in [0.29, 0.717) is 5.41 Å². The molecule has 0 aliphatic heterocycles. The summed E-state index contributed by atoms with van der Waals surface area (Å²) in [4.78, 5) is 0. The number of aliphatic hydroxyl groups excluding tert-OH is 1. The van der Waals surface area contributed by atoms with Gasteiger partial charge in [0.05, 0.1) is 6.10 Å². The van der Waals surface area contributed by atoms with Crippen LogP contribution in [0, 0.1) is 11.3 Å². The standard InChI is InChI=1S/C19H26O/c1-12-3-8-18-17-6-4-13-11-14(20)5-7-15(13)16(17)9-10-19(12,18)2/h4,6,12,14,18,20H,3,5,7-11H2,1-2H3/t12-,14-,18-,19+/m0/s1. The maximum Gasteiger partial charge on any atom is 0.0583 e. The lowest BCUT2D eigenvalue weighted by atomic mass is 9.62. The molecular weight excluding hydrogens is 244 g/mol. The summed E-state index contributed by atoms with van der Waals surface area (Å²) < 4.78 is 0. The van der Waals surface area contributed by atoms with E-state index >= 15 is 0 Å². The second-order valence-corrected chi connectivity index (χ2v) is 7.70. The second-order valence-electron chi connectivity index (χ2n) is 7.70. The number of aliphatic hydroxyl groups is 1. The molecule has 1 N–H and O–H groups in total. The van der Waals surface area contributed by atoms with E-state index in [1.165, 1.54) is 31.2 Å². The SMILES string of the molecule is C[C@H]1CC[C@H]2c3ccc4c(c3CC[C@]12C)CC[C@H](O)C4. The largest absolute Gasteiger partial charge is 0.393 e. The van der Waals surface area contributed by atoms with Crippen molar-refractivity contribution in [1.82, 2.24) is 0 Å². The zero-order chi connectivity index (χ0) is 13.9. The number of rotatable bonds is 0. The lowest BCUT2D eigenvalue weighted by Crippen LogP contribution is -2.32. The fraction of sp³-hybridized carbons (Fsp3) is 0.684. The van der Waals surface area contributed by atoms with Gasteiger partial charge in [-0.05, 0) is 84.5 Å². The van der Waals surface area contributed by atoms with Crippen LogP contribution in [-0.2, 0) is 19.3 Å². The molecule has 0 bridgehead atoms. The Morgan fingerprint density at radius 3 is 2.80 bits per heavy atom. The lowest BCUT2D eigenvalue weighted by molar-refractivity contribution is 0.157. The van der Waals surface area contributed by atoms with Crippen molar-refractivity contribution in [3.05, 3.63) is 34.4 Å². The molecule has 1 saturated carbocycles. The van der Waals surface area contributed by atoms with E-state index in [1.807, 2.05) is 0 Å². The van der Waals surface area contributed by atoms with E-state index in [-0.39, 0.29) is 6.10 Å². The predicted molar refractivity (Wildman–Crippen MR) is 82.0 cm³/mol. The first-order chi connectivity index (χ1) is 9.59. The molecule has 3 aliphatic rings. The van der Waals surface area contributed by atoms with Crippen molar-refractivity contribution in [1.29, 1.82) is 0 Å². The summed E-state index contributed by atoms with van der Waals surface area (Å²) in [5.41, 5.74) is 6.91. The first-order valence-electron chi connectivity index (χ1n) is 8.41. The Morgan fingerprint density at radius 2 is 1.95 bits per heavy atom. The van der Waals surface area contributed by atoms with Crippen LogP contribution in [0.1, 0.15) is 67.7 Å². The van der Waals surface area contributed by atoms with Crippen LogP contribution in [0.15, 0.2) is 12.1 Å². The Bertz CT molecular complexity index is 547. The molecule has 0 aromatic heterocycles. The van der Waals surface area contributed by atoms with Crippen molar-refractivity contribution in [2.24, 2.45) is 11.3 Å². The lowest BCUT2D eigenvalue weighted by Gasteiger charge is -2.42. The van der Waals surface area contributed by atoms with Gasteiger partial charge >= 0.3 is 0 Å². The van der Waals surface area contributed by atoms with Gasteiger partial charge in [-0.15, -0.1) is 0 Å². The maximum atomic E-state index is 9.89. The highest BCUT2D eigenvalue weighted by Crippen LogP contribution is 2.59. The second kappa shape index (κ2) is 4.34. The highest BCUT2D eigenvalue weighted by atomic mass is 16.3. The van der Waals surface area contributed by atoms with Gasteiger partial charge in [0.1, 0.15) is 0 Å². The molecule has 1 aromatic rings. The molecule has 20 heavy (non-hydrogen) atoms. The van der Waals surface area contributed by atoms with Gasteiger partial charge in [0.15, 0.2) is 0 Å². The fourth-order valence-electron chi connectivity index (χ4n) is 5.30. The quantitative estimate of drug-likeness (QED) is 0.755. The Hall–Kier alpha value is -0.820. The summed E-state index contributed by atoms with van der Waals surface area (Å²) in [5.74, 6) is 1.66. The molecule has 0 unspecified atom stereocenters. The summed E-state index contributed by atoms with van der Waals surface area (Å²) in [6.45, 7) is 4.99. The normalized spacial score (nSPS) is 39.0. The number of benzene rings is 1. The third kappa shape index (κ3) is 1.65. The molecule has 3 aliphatic carbocycles. The Kier molecular flexibility index (Phi) is 2.79. The van der Waals surface area contributed by atoms with Gasteiger partial charge in [-0.2, -0.15) is 0 Å². The van der Waals surface area contributed by atoms with Crippen LogP contribution in [0.5, 0.6) is 0 Å². The van der Waals surface area contributed by atoms with Crippen molar-refractivity contribution in [2.45, 2.75) is 70.8 Å². The minimum atomic E-state index is -0.110. The van der Waals surface area contributed by atoms with E-state index in [9.17, 15) is 5.11 Å². The molecule has 0 spiro atoms. The molecule has 0 saturated heterocycles. The summed E-state index contributed by atoms with van der Waals surface area (Å²) in [6, 6.07) is 4.73. The molecule has 4 atom stereocenters. The van der Waals surface area contributed by atoms with Crippen molar-refractivity contribution in [3.63, 3.8) is 0 Å². The summed E-state index contributed by atoms with van der Waals surface area (Å²) in [6.07, 6.45) is 8.24. The molecule has 108 valence electrons. The van der Waals surface area contributed by atoms with Gasteiger partial charge in [0.25, 0.3) is 0 Å². The smallest absolute Gasteiger partial charge is 0.0583 e. The van der Waals surface area contributed by atoms with Crippen molar-refractivity contribution in [3.8, 4) is 0 Å². The molecule has 4 rings (SSSR count). The molecule has 0 amide bonds. The van der Waals surface area contributed by atoms with Crippen molar-refractivity contribution >= 4 is 0 Å². The van der Waals surface area contributed by atoms with Crippen LogP contribution in [0.4, 0.5) is 0 Å². The molecule has 1 fully saturated rings. The van der Waals surface area contributed by atoms with Crippen LogP contribution in [0.25, 0.3) is 0 Å². The van der Waals surface area contributed by atoms with Crippen molar-refractivity contribution in [2.75, 3.05) is 0 Å². The number of fused-ring (bicyclic) bond motifs is 5. The van der Waals surface area contributed by atoms with E-state index in [1.54, 1.807) is 16.7 Å². The summed E-state index contributed by atoms with van der Waals surface area (Å²) in [7, 11) is 0. The third-order valence-corrected chi connectivity index (χ3v) is 6.85. The highest BCUT2D eigenvalue weighted by molar-refractivity contribution is 5.47. The third-order valence-electron chi connectivity index (χ3n) is 6.85. The van der Waals surface area contributed by atoms with Gasteiger partial charge in [-0.3, -0.25) is 0 Å². The minimum Gasteiger partial charge on any atom is -0.393 e. The van der Waals surface area contributed by atoms with Gasteiger partial charge < -0.3 is 5.11 Å². The van der Waals surface area contributed by atoms with Crippen LogP contribution in [0.2, 0.25) is 0 Å². The highest BCUT2D eigenvalue weighted by Gasteiger charge is 2.47. The average Bonchev–Trinajstić information content (AvgIpc) is 2.74. The van der Waals surface area contributed by atoms with Crippen LogP contribution >= 0.6 is 0 Å². The van der Waals surface area contributed by atoms with Crippen molar-refractivity contribution < 1.29 is 5.11 Å². The fourth-order valence-corrected chi connectivity index (χ4v) is 5.30. The van der Waals surface area contributed by atoms with Gasteiger partial charge in [0.2, 0.25) is 0 Å². The van der Waals surface area contributed by atoms with E-state index in [2.05, 4.69) is 26.0 Å². The first-order valence-corrected chi connectivity index (χ1v) is 8.41. The van der Waals surface area contributed by atoms with E-state index < -0.39 is 0 Å². The Morgan fingerprint density at radius 1 is 1.10 bits per heavy atom. The number of hydrogen-bond acceptors (Lipinski definition) is 1. The topological polar surface area (TPSA) is 20.2 Å². The van der Waals surface area contributed by atoms with E-state index in [0.717, 1.165) is 31.1 Å². The number of hydrogen-bond donors (Lipinski definition) is 1. The molecule has 0 heterocycles. The van der Waals surface area contributed by atoms with Crippen LogP contribution < -0.4 is 0 Å². The molecule has 1 nitrogen and oxygen atoms in total. The zero-order valence-corrected chi connectivity index (χ0v) is 12.8. The summed E-state index contributed by atoms with van der Waals surface area (Å²) >= 11 is 0. The first kappa shape index (κ1) is 12.9. The predicted octanol–water partition coefficient (Wildman–Crippen LogP) is 4.00. The maximum absolute atomic E-state index is 9.89. The molecule has 1 heteroatoms. The Balaban J connectivity index is 1.80. The van der Waals surface area contributed by atoms with Gasteiger partial charge in [0, 0.05) is 0 Å². The van der Waals surface area contributed by atoms with Gasteiger partial charge in [-0.25, -0.2) is 0 Å². The van der Waals surface area contributed by atoms with Crippen LogP contribution in [-0.4, -0.2) is 11.2 Å². The van der Waals surface area contributed by atoms with E-state index in [4.69, 9.17) is 0 Å². The Labute approximate surface area is 122 Å². The monoisotopic (exact) mass is 270 g/mol. The zero-order valence-electron chi connectivity index (χ0n) is 12.8. The van der Waals surface area contributed by atoms with Crippen LogP contribution in [0.3, 0.4) is 0 Å². The molecular formula is C19H26O. The summed E-state index contributed by atoms with van der Waals surface area (Å²) in [5, 5.41) is 9.89. The van der Waals surface area contributed by atoms with Gasteiger partial charge in [-0.1, -0.05) is 26.0 Å². The molecule has 1 aromatic carbocycles.